The summed E-state index contributed by atoms with van der Waals surface area (Å²) < 4.78 is 19.0. The van der Waals surface area contributed by atoms with Gasteiger partial charge in [-0.1, -0.05) is 0 Å². The molecule has 0 spiro atoms. The van der Waals surface area contributed by atoms with E-state index in [4.69, 9.17) is 9.68 Å². The number of aromatic nitrogens is 1. The van der Waals surface area contributed by atoms with Gasteiger partial charge in [-0.05, 0) is 12.5 Å². The highest BCUT2D eigenvalue weighted by Gasteiger charge is 2.36. The highest BCUT2D eigenvalue weighted by Crippen LogP contribution is 2.25. The van der Waals surface area contributed by atoms with Crippen molar-refractivity contribution in [1.29, 1.82) is 5.26 Å². The summed E-state index contributed by atoms with van der Waals surface area (Å²) in [6, 6.07) is 3.43. The summed E-state index contributed by atoms with van der Waals surface area (Å²) in [5.41, 5.74) is 1.62. The van der Waals surface area contributed by atoms with Gasteiger partial charge in [-0.15, -0.1) is 0 Å². The van der Waals surface area contributed by atoms with Crippen LogP contribution in [0.4, 0.5) is 10.1 Å². The predicted octanol–water partition coefficient (Wildman–Crippen LogP) is 1.78. The lowest BCUT2D eigenvalue weighted by molar-refractivity contribution is -0.132. The van der Waals surface area contributed by atoms with Crippen LogP contribution < -0.4 is 5.32 Å². The van der Waals surface area contributed by atoms with E-state index in [0.717, 1.165) is 29.6 Å². The van der Waals surface area contributed by atoms with Gasteiger partial charge in [0.15, 0.2) is 5.58 Å². The third kappa shape index (κ3) is 3.22. The number of alkyl halides is 1. The lowest BCUT2D eigenvalue weighted by Gasteiger charge is -2.23. The molecule has 0 bridgehead atoms. The number of carbonyl (C=O) groups is 1. The maximum Gasteiger partial charge on any atom is 0.237 e. The maximum atomic E-state index is 13.5. The maximum absolute atomic E-state index is 13.5. The molecule has 1 unspecified atom stereocenters. The summed E-state index contributed by atoms with van der Waals surface area (Å²) in [7, 11) is 0. The highest BCUT2D eigenvalue weighted by atomic mass is 19.1. The lowest BCUT2D eigenvalue weighted by Crippen LogP contribution is -2.42. The fourth-order valence-electron chi connectivity index (χ4n) is 3.77. The first-order chi connectivity index (χ1) is 12.6. The molecule has 2 saturated heterocycles. The second-order valence-electron chi connectivity index (χ2n) is 6.92. The molecule has 2 aliphatic rings. The van der Waals surface area contributed by atoms with Crippen LogP contribution >= 0.6 is 0 Å². The molecule has 2 aliphatic heterocycles. The van der Waals surface area contributed by atoms with E-state index in [1.165, 1.54) is 4.90 Å². The van der Waals surface area contributed by atoms with E-state index in [1.807, 2.05) is 17.0 Å². The molecule has 0 aromatic carbocycles. The second kappa shape index (κ2) is 6.92. The zero-order valence-corrected chi connectivity index (χ0v) is 14.3. The van der Waals surface area contributed by atoms with Crippen LogP contribution in [0.2, 0.25) is 0 Å². The van der Waals surface area contributed by atoms with Crippen LogP contribution in [0.3, 0.4) is 0 Å². The van der Waals surface area contributed by atoms with E-state index in [-0.39, 0.29) is 31.5 Å². The first-order valence-electron chi connectivity index (χ1n) is 8.77. The van der Waals surface area contributed by atoms with Crippen molar-refractivity contribution in [1.82, 2.24) is 14.8 Å². The van der Waals surface area contributed by atoms with Crippen molar-refractivity contribution in [2.75, 3.05) is 31.5 Å². The Labute approximate surface area is 150 Å². The summed E-state index contributed by atoms with van der Waals surface area (Å²) in [6.07, 6.45) is 5.03. The van der Waals surface area contributed by atoms with Crippen molar-refractivity contribution in [3.05, 3.63) is 24.7 Å². The van der Waals surface area contributed by atoms with Crippen LogP contribution in [0, 0.1) is 11.3 Å². The van der Waals surface area contributed by atoms with Gasteiger partial charge in [0, 0.05) is 37.1 Å². The molecule has 7 nitrogen and oxygen atoms in total. The smallest absolute Gasteiger partial charge is 0.237 e. The standard InChI is InChI=1S/C18H20FN5O2/c19-13-5-15(6-20)24(9-13)17(25)11-23-3-1-14(10-23)22-16-8-21-7-12-2-4-26-18(12)16/h2,4,7-8,13-15,22H,1,3,5,9-11H2/t13-,14?,15-/m0/s1. The summed E-state index contributed by atoms with van der Waals surface area (Å²) in [6.45, 7) is 1.72. The molecule has 0 saturated carbocycles. The molecule has 136 valence electrons. The van der Waals surface area contributed by atoms with E-state index < -0.39 is 12.2 Å². The first kappa shape index (κ1) is 16.8. The average molecular weight is 357 g/mol. The third-order valence-corrected chi connectivity index (χ3v) is 5.07. The van der Waals surface area contributed by atoms with Crippen LogP contribution in [0.1, 0.15) is 12.8 Å². The number of hydrogen-bond acceptors (Lipinski definition) is 6. The number of nitriles is 1. The summed E-state index contributed by atoms with van der Waals surface area (Å²) in [4.78, 5) is 20.1. The van der Waals surface area contributed by atoms with E-state index in [1.54, 1.807) is 18.7 Å². The number of carbonyl (C=O) groups excluding carboxylic acids is 1. The number of nitrogens with one attached hydrogen (secondary N) is 1. The van der Waals surface area contributed by atoms with Crippen LogP contribution in [-0.4, -0.2) is 65.1 Å². The van der Waals surface area contributed by atoms with Crippen molar-refractivity contribution in [3.63, 3.8) is 0 Å². The topological polar surface area (TPSA) is 85.4 Å². The molecular formula is C18H20FN5O2. The molecular weight excluding hydrogens is 337 g/mol. The van der Waals surface area contributed by atoms with Crippen LogP contribution in [0.15, 0.2) is 29.1 Å². The Morgan fingerprint density at radius 2 is 2.35 bits per heavy atom. The van der Waals surface area contributed by atoms with Gasteiger partial charge in [0.2, 0.25) is 5.91 Å². The second-order valence-corrected chi connectivity index (χ2v) is 6.92. The van der Waals surface area contributed by atoms with Gasteiger partial charge in [0.1, 0.15) is 12.2 Å². The van der Waals surface area contributed by atoms with Gasteiger partial charge < -0.3 is 14.6 Å². The Hall–Kier alpha value is -2.66. The van der Waals surface area contributed by atoms with Gasteiger partial charge >= 0.3 is 0 Å². The van der Waals surface area contributed by atoms with E-state index in [2.05, 4.69) is 10.3 Å². The summed E-state index contributed by atoms with van der Waals surface area (Å²) in [5.74, 6) is -0.174. The van der Waals surface area contributed by atoms with Gasteiger partial charge in [0.05, 0.1) is 37.3 Å². The highest BCUT2D eigenvalue weighted by molar-refractivity contribution is 5.87. The van der Waals surface area contributed by atoms with Crippen LogP contribution in [-0.2, 0) is 4.79 Å². The summed E-state index contributed by atoms with van der Waals surface area (Å²) in [5, 5.41) is 13.5. The van der Waals surface area contributed by atoms with Crippen molar-refractivity contribution < 1.29 is 13.6 Å². The number of halogens is 1. The number of rotatable bonds is 4. The van der Waals surface area contributed by atoms with E-state index in [0.29, 0.717) is 6.54 Å². The van der Waals surface area contributed by atoms with Gasteiger partial charge in [-0.2, -0.15) is 5.26 Å². The molecule has 2 fully saturated rings. The minimum absolute atomic E-state index is 0.0265. The van der Waals surface area contributed by atoms with Crippen LogP contribution in [0.25, 0.3) is 11.0 Å². The predicted molar refractivity (Wildman–Crippen MR) is 93.1 cm³/mol. The minimum Gasteiger partial charge on any atom is -0.462 e. The molecule has 2 aromatic heterocycles. The molecule has 1 N–H and O–H groups in total. The molecule has 8 heteroatoms. The molecule has 0 aliphatic carbocycles. The minimum atomic E-state index is -1.10. The molecule has 3 atom stereocenters. The monoisotopic (exact) mass is 357 g/mol. The number of anilines is 1. The van der Waals surface area contributed by atoms with Gasteiger partial charge in [0.25, 0.3) is 0 Å². The van der Waals surface area contributed by atoms with Crippen molar-refractivity contribution in [2.24, 2.45) is 0 Å². The summed E-state index contributed by atoms with van der Waals surface area (Å²) >= 11 is 0. The molecule has 26 heavy (non-hydrogen) atoms. The number of nitrogens with zero attached hydrogens (tertiary/aromatic N) is 4. The Kier molecular flexibility index (Phi) is 4.47. The molecule has 4 heterocycles. The van der Waals surface area contributed by atoms with Gasteiger partial charge in [-0.25, -0.2) is 4.39 Å². The molecule has 0 radical (unpaired) electrons. The number of furan rings is 1. The normalized spacial score (nSPS) is 26.3. The zero-order valence-electron chi connectivity index (χ0n) is 14.3. The van der Waals surface area contributed by atoms with E-state index >= 15 is 0 Å². The quantitative estimate of drug-likeness (QED) is 0.898. The fraction of sp³-hybridized carbons (Fsp3) is 0.500. The van der Waals surface area contributed by atoms with Crippen molar-refractivity contribution >= 4 is 22.6 Å². The number of pyridine rings is 1. The number of fused-ring (bicyclic) bond motifs is 1. The zero-order chi connectivity index (χ0) is 18.1. The van der Waals surface area contributed by atoms with Crippen molar-refractivity contribution in [3.8, 4) is 6.07 Å². The van der Waals surface area contributed by atoms with Crippen LogP contribution in [0.5, 0.6) is 0 Å². The van der Waals surface area contributed by atoms with Gasteiger partial charge in [-0.3, -0.25) is 14.7 Å². The lowest BCUT2D eigenvalue weighted by atomic mass is 10.2. The van der Waals surface area contributed by atoms with E-state index in [9.17, 15) is 9.18 Å². The molecule has 2 aromatic rings. The number of likely N-dealkylation sites (tertiary alicyclic amines) is 2. The number of hydrogen-bond donors (Lipinski definition) is 1. The molecule has 4 rings (SSSR count). The Bertz CT molecular complexity index is 847. The largest absolute Gasteiger partial charge is 0.462 e. The fourth-order valence-corrected chi connectivity index (χ4v) is 3.77. The van der Waals surface area contributed by atoms with Crippen molar-refractivity contribution in [2.45, 2.75) is 31.1 Å². The Balaban J connectivity index is 1.35. The third-order valence-electron chi connectivity index (χ3n) is 5.07. The Morgan fingerprint density at radius 1 is 1.46 bits per heavy atom. The average Bonchev–Trinajstić information content (AvgIpc) is 3.34. The first-order valence-corrected chi connectivity index (χ1v) is 8.77. The Morgan fingerprint density at radius 3 is 3.19 bits per heavy atom. The number of amides is 1. The molecule has 1 amide bonds. The SMILES string of the molecule is N#C[C@@H]1C[C@H](F)CN1C(=O)CN1CCC(Nc2cncc3ccoc23)C1.